The minimum Gasteiger partial charge on any atom is -0.336 e. The minimum absolute atomic E-state index is 0.210. The van der Waals surface area contributed by atoms with Gasteiger partial charge >= 0.3 is 6.03 Å². The Kier molecular flexibility index (Phi) is 5.00. The molecule has 1 fully saturated rings. The van der Waals surface area contributed by atoms with Crippen LogP contribution in [0.1, 0.15) is 12.5 Å². The van der Waals surface area contributed by atoms with Gasteiger partial charge in [0.1, 0.15) is 0 Å². The van der Waals surface area contributed by atoms with Gasteiger partial charge in [0.05, 0.1) is 5.25 Å². The standard InChI is InChI=1S/C15H17N5O2S2/c1-9-4-3-5-11(8-9)17-13-18-19-15(24-13)23-10(2)12(21)20-7-6-16-14(20)22/h3-5,8,10H,6-7H2,1-2H3,(H,16,22)(H,17,18)/t10-/m0/s1. The third kappa shape index (κ3) is 3.85. The molecule has 0 saturated carbocycles. The summed E-state index contributed by atoms with van der Waals surface area (Å²) in [4.78, 5) is 25.1. The minimum atomic E-state index is -0.395. The second-order valence-corrected chi connectivity index (χ2v) is 7.91. The molecule has 3 amide bonds. The van der Waals surface area contributed by atoms with E-state index in [-0.39, 0.29) is 11.9 Å². The average molecular weight is 363 g/mol. The molecule has 0 aliphatic carbocycles. The quantitative estimate of drug-likeness (QED) is 0.794. The first-order valence-electron chi connectivity index (χ1n) is 7.46. The predicted octanol–water partition coefficient (Wildman–Crippen LogP) is 2.62. The van der Waals surface area contributed by atoms with Crippen LogP contribution in [-0.2, 0) is 4.79 Å². The molecule has 9 heteroatoms. The summed E-state index contributed by atoms with van der Waals surface area (Å²) in [5.41, 5.74) is 2.10. The molecule has 1 aromatic heterocycles. The SMILES string of the molecule is Cc1cccc(Nc2nnc(S[C@@H](C)C(=O)N3CCNC3=O)s2)c1. The number of benzene rings is 1. The van der Waals surface area contributed by atoms with Gasteiger partial charge in [-0.2, -0.15) is 0 Å². The van der Waals surface area contributed by atoms with E-state index in [2.05, 4.69) is 20.8 Å². The highest BCUT2D eigenvalue weighted by Crippen LogP contribution is 2.31. The zero-order valence-electron chi connectivity index (χ0n) is 13.3. The molecule has 2 heterocycles. The molecule has 1 aliphatic heterocycles. The van der Waals surface area contributed by atoms with E-state index in [4.69, 9.17) is 0 Å². The van der Waals surface area contributed by atoms with Gasteiger partial charge in [0, 0.05) is 18.8 Å². The molecule has 1 saturated heterocycles. The number of aryl methyl sites for hydroxylation is 1. The van der Waals surface area contributed by atoms with Crippen LogP contribution < -0.4 is 10.6 Å². The lowest BCUT2D eigenvalue weighted by molar-refractivity contribution is -0.126. The van der Waals surface area contributed by atoms with Crippen molar-refractivity contribution in [3.8, 4) is 0 Å². The van der Waals surface area contributed by atoms with Gasteiger partial charge < -0.3 is 10.6 Å². The molecule has 0 bridgehead atoms. The largest absolute Gasteiger partial charge is 0.336 e. The predicted molar refractivity (Wildman–Crippen MR) is 94.8 cm³/mol. The summed E-state index contributed by atoms with van der Waals surface area (Å²) in [7, 11) is 0. The molecule has 2 aromatic rings. The van der Waals surface area contributed by atoms with Gasteiger partial charge in [-0.15, -0.1) is 10.2 Å². The van der Waals surface area contributed by atoms with Gasteiger partial charge in [-0.3, -0.25) is 9.69 Å². The van der Waals surface area contributed by atoms with Gasteiger partial charge in [0.2, 0.25) is 11.0 Å². The maximum atomic E-state index is 12.3. The summed E-state index contributed by atoms with van der Waals surface area (Å²) in [5.74, 6) is -0.210. The number of thioether (sulfide) groups is 1. The highest BCUT2D eigenvalue weighted by atomic mass is 32.2. The number of anilines is 2. The van der Waals surface area contributed by atoms with E-state index in [9.17, 15) is 9.59 Å². The van der Waals surface area contributed by atoms with E-state index >= 15 is 0 Å². The first-order chi connectivity index (χ1) is 11.5. The lowest BCUT2D eigenvalue weighted by atomic mass is 10.2. The molecule has 1 atom stereocenters. The van der Waals surface area contributed by atoms with Gasteiger partial charge in [0.15, 0.2) is 4.34 Å². The second kappa shape index (κ2) is 7.18. The summed E-state index contributed by atoms with van der Waals surface area (Å²) in [5, 5.41) is 14.3. The molecule has 7 nitrogen and oxygen atoms in total. The summed E-state index contributed by atoms with van der Waals surface area (Å²) < 4.78 is 0.686. The monoisotopic (exact) mass is 363 g/mol. The summed E-state index contributed by atoms with van der Waals surface area (Å²) in [6.07, 6.45) is 0. The van der Waals surface area contributed by atoms with Gasteiger partial charge in [0.25, 0.3) is 0 Å². The molecule has 1 aliphatic rings. The highest BCUT2D eigenvalue weighted by molar-refractivity contribution is 8.02. The van der Waals surface area contributed by atoms with Crippen molar-refractivity contribution < 1.29 is 9.59 Å². The molecule has 0 spiro atoms. The summed E-state index contributed by atoms with van der Waals surface area (Å²) in [6.45, 7) is 4.71. The zero-order valence-corrected chi connectivity index (χ0v) is 14.9. The van der Waals surface area contributed by atoms with Crippen molar-refractivity contribution in [3.63, 3.8) is 0 Å². The van der Waals surface area contributed by atoms with E-state index < -0.39 is 5.25 Å². The molecule has 1 aromatic carbocycles. The first-order valence-corrected chi connectivity index (χ1v) is 9.15. The van der Waals surface area contributed by atoms with Gasteiger partial charge in [-0.1, -0.05) is 35.2 Å². The van der Waals surface area contributed by atoms with Crippen molar-refractivity contribution in [1.29, 1.82) is 0 Å². The molecule has 3 rings (SSSR count). The van der Waals surface area contributed by atoms with Crippen molar-refractivity contribution in [2.75, 3.05) is 18.4 Å². The van der Waals surface area contributed by atoms with Crippen LogP contribution in [0.5, 0.6) is 0 Å². The normalized spacial score (nSPS) is 15.2. The maximum absolute atomic E-state index is 12.3. The smallest absolute Gasteiger partial charge is 0.324 e. The Morgan fingerprint density at radius 2 is 2.29 bits per heavy atom. The Morgan fingerprint density at radius 1 is 1.46 bits per heavy atom. The van der Waals surface area contributed by atoms with E-state index in [0.29, 0.717) is 22.6 Å². The molecule has 0 unspecified atom stereocenters. The number of hydrogen-bond donors (Lipinski definition) is 2. The summed E-state index contributed by atoms with van der Waals surface area (Å²) >= 11 is 2.69. The third-order valence-corrected chi connectivity index (χ3v) is 5.43. The van der Waals surface area contributed by atoms with Crippen molar-refractivity contribution in [3.05, 3.63) is 29.8 Å². The number of amides is 3. The Balaban J connectivity index is 1.61. The number of nitrogens with zero attached hydrogens (tertiary/aromatic N) is 3. The molecule has 126 valence electrons. The van der Waals surface area contributed by atoms with Crippen LogP contribution in [0.2, 0.25) is 0 Å². The molecule has 0 radical (unpaired) electrons. The van der Waals surface area contributed by atoms with Crippen LogP contribution in [0.15, 0.2) is 28.6 Å². The number of urea groups is 1. The Labute approximate surface area is 147 Å². The highest BCUT2D eigenvalue weighted by Gasteiger charge is 2.30. The van der Waals surface area contributed by atoms with E-state index in [1.54, 1.807) is 6.92 Å². The molecule has 2 N–H and O–H groups in total. The number of nitrogens with one attached hydrogen (secondary N) is 2. The lowest BCUT2D eigenvalue weighted by Crippen LogP contribution is -2.38. The first kappa shape index (κ1) is 16.7. The molecular weight excluding hydrogens is 346 g/mol. The number of carbonyl (C=O) groups is 2. The fraction of sp³-hybridized carbons (Fsp3) is 0.333. The lowest BCUT2D eigenvalue weighted by Gasteiger charge is -2.16. The van der Waals surface area contributed by atoms with Crippen LogP contribution in [0, 0.1) is 6.92 Å². The molecular formula is C15H17N5O2S2. The van der Waals surface area contributed by atoms with E-state index in [1.807, 2.05) is 31.2 Å². The van der Waals surface area contributed by atoms with Crippen LogP contribution in [0.25, 0.3) is 0 Å². The zero-order chi connectivity index (χ0) is 17.1. The van der Waals surface area contributed by atoms with Crippen LogP contribution in [0.4, 0.5) is 15.6 Å². The number of aromatic nitrogens is 2. The van der Waals surface area contributed by atoms with Gasteiger partial charge in [-0.25, -0.2) is 4.79 Å². The number of carbonyl (C=O) groups excluding carboxylic acids is 2. The number of imide groups is 1. The topological polar surface area (TPSA) is 87.2 Å². The Hall–Kier alpha value is -2.13. The van der Waals surface area contributed by atoms with Crippen molar-refractivity contribution in [2.45, 2.75) is 23.4 Å². The van der Waals surface area contributed by atoms with E-state index in [1.165, 1.54) is 28.0 Å². The number of rotatable bonds is 5. The maximum Gasteiger partial charge on any atom is 0.324 e. The average Bonchev–Trinajstić information content (AvgIpc) is 3.15. The van der Waals surface area contributed by atoms with Crippen LogP contribution in [0.3, 0.4) is 0 Å². The molecule has 24 heavy (non-hydrogen) atoms. The van der Waals surface area contributed by atoms with Gasteiger partial charge in [-0.05, 0) is 31.5 Å². The summed E-state index contributed by atoms with van der Waals surface area (Å²) in [6, 6.07) is 7.64. The second-order valence-electron chi connectivity index (χ2n) is 5.35. The van der Waals surface area contributed by atoms with Crippen molar-refractivity contribution >= 4 is 45.9 Å². The fourth-order valence-corrected chi connectivity index (χ4v) is 4.24. The fourth-order valence-electron chi connectivity index (χ4n) is 2.26. The Morgan fingerprint density at radius 3 is 3.00 bits per heavy atom. The number of hydrogen-bond acceptors (Lipinski definition) is 7. The third-order valence-electron chi connectivity index (χ3n) is 3.42. The van der Waals surface area contributed by atoms with E-state index in [0.717, 1.165) is 11.3 Å². The van der Waals surface area contributed by atoms with Crippen molar-refractivity contribution in [2.24, 2.45) is 0 Å². The Bertz CT molecular complexity index is 764. The van der Waals surface area contributed by atoms with Crippen LogP contribution >= 0.6 is 23.1 Å². The van der Waals surface area contributed by atoms with Crippen LogP contribution in [-0.4, -0.2) is 45.4 Å². The van der Waals surface area contributed by atoms with Crippen molar-refractivity contribution in [1.82, 2.24) is 20.4 Å².